The Morgan fingerprint density at radius 1 is 1.04 bits per heavy atom. The van der Waals surface area contributed by atoms with E-state index in [2.05, 4.69) is 22.1 Å². The quantitative estimate of drug-likeness (QED) is 0.0769. The fraction of sp³-hybridized carbons (Fsp3) is 0.784. The van der Waals surface area contributed by atoms with Gasteiger partial charge in [-0.3, -0.25) is 19.3 Å². The molecule has 310 valence electrons. The number of carbonyl (C=O) groups excluding carboxylic acids is 3. The molecule has 2 heterocycles. The standard InChI is InChI=1S/C35H60N4O7S.C2HF3O2/c1-8-11-13-16-20-45-39(33(41)26(25(6)10-3)21-30(40)28-17-14-15-19-38(28)7)29(24(4)5)22-31(46-35(44)36-18-12-9-2)32-37-27(23-47-32)34(42)43;3-2(4,5)1(6)7/h23-26,28-29,31H,8-22H2,1-7H3,(H,36,44)(H,42,43);(H,6,7)/t25-,26-,28+,29+,31+;/m0./s1. The van der Waals surface area contributed by atoms with Gasteiger partial charge in [0.1, 0.15) is 5.01 Å². The largest absolute Gasteiger partial charge is 0.490 e. The smallest absolute Gasteiger partial charge is 0.476 e. The summed E-state index contributed by atoms with van der Waals surface area (Å²) in [4.78, 5) is 74.5. The number of aromatic nitrogens is 1. The van der Waals surface area contributed by atoms with Gasteiger partial charge in [-0.1, -0.05) is 80.1 Å². The molecule has 0 aliphatic carbocycles. The summed E-state index contributed by atoms with van der Waals surface area (Å²) in [5.74, 6) is -4.84. The number of nitrogens with zero attached hydrogens (tertiary/aromatic N) is 3. The number of carboxylic acid groups (broad SMARTS) is 2. The van der Waals surface area contributed by atoms with E-state index >= 15 is 0 Å². The fourth-order valence-corrected chi connectivity index (χ4v) is 6.79. The monoisotopic (exact) mass is 794 g/mol. The lowest BCUT2D eigenvalue weighted by Gasteiger charge is -2.38. The molecule has 0 radical (unpaired) electrons. The molecule has 5 atom stereocenters. The number of carbonyl (C=O) groups is 5. The summed E-state index contributed by atoms with van der Waals surface area (Å²) >= 11 is 1.11. The van der Waals surface area contributed by atoms with Crippen LogP contribution in [0.25, 0.3) is 0 Å². The molecular formula is C37H61F3N4O9S. The molecule has 13 nitrogen and oxygen atoms in total. The highest BCUT2D eigenvalue weighted by molar-refractivity contribution is 7.09. The number of rotatable bonds is 22. The lowest BCUT2D eigenvalue weighted by atomic mass is 9.83. The highest BCUT2D eigenvalue weighted by Crippen LogP contribution is 2.34. The minimum atomic E-state index is -5.08. The first-order chi connectivity index (χ1) is 25.4. The number of unbranched alkanes of at least 4 members (excludes halogenated alkanes) is 4. The maximum Gasteiger partial charge on any atom is 0.490 e. The van der Waals surface area contributed by atoms with Gasteiger partial charge in [0.05, 0.1) is 18.7 Å². The topological polar surface area (TPSA) is 176 Å². The van der Waals surface area contributed by atoms with Crippen molar-refractivity contribution < 1.29 is 56.9 Å². The number of likely N-dealkylation sites (tertiary alicyclic amines) is 1. The SMILES string of the molecule is CCCCCCON(C(=O)[C@@H](CC(=O)[C@H]1CCCCN1C)[C@@H](C)CC)[C@H](C[C@@H](OC(=O)NCCCC)c1nc(C(=O)O)cs1)C(C)C.O=C(O)C(F)(F)F. The van der Waals surface area contributed by atoms with Gasteiger partial charge in [-0.15, -0.1) is 11.3 Å². The van der Waals surface area contributed by atoms with Crippen molar-refractivity contribution in [1.29, 1.82) is 0 Å². The number of alkyl carbamates (subject to hydrolysis) is 1. The Labute approximate surface area is 321 Å². The first-order valence-corrected chi connectivity index (χ1v) is 19.9. The first-order valence-electron chi connectivity index (χ1n) is 19.0. The number of aliphatic carboxylic acids is 1. The number of Topliss-reactive ketones (excluding diaryl/α,β-unsaturated/α-hetero) is 1. The second kappa shape index (κ2) is 25.0. The van der Waals surface area contributed by atoms with Crippen molar-refractivity contribution >= 4 is 41.1 Å². The molecule has 0 unspecified atom stereocenters. The third-order valence-corrected chi connectivity index (χ3v) is 10.4. The molecule has 1 saturated heterocycles. The number of hydroxylamine groups is 2. The molecule has 2 rings (SSSR count). The predicted molar refractivity (Wildman–Crippen MR) is 198 cm³/mol. The van der Waals surface area contributed by atoms with Crippen molar-refractivity contribution in [3.8, 4) is 0 Å². The Kier molecular flexibility index (Phi) is 22.5. The number of halogens is 3. The number of thiazole rings is 1. The summed E-state index contributed by atoms with van der Waals surface area (Å²) in [6.45, 7) is 13.8. The normalized spacial score (nSPS) is 17.1. The number of hydrogen-bond donors (Lipinski definition) is 3. The van der Waals surface area contributed by atoms with Crippen molar-refractivity contribution in [2.24, 2.45) is 17.8 Å². The summed E-state index contributed by atoms with van der Waals surface area (Å²) in [6.07, 6.45) is 2.80. The molecule has 2 amide bonds. The summed E-state index contributed by atoms with van der Waals surface area (Å²) in [5, 5.41) is 22.6. The van der Waals surface area contributed by atoms with E-state index in [4.69, 9.17) is 19.5 Å². The number of nitrogens with one attached hydrogen (secondary N) is 1. The summed E-state index contributed by atoms with van der Waals surface area (Å²) < 4.78 is 37.6. The number of ketones is 1. The number of aromatic carboxylic acids is 1. The minimum Gasteiger partial charge on any atom is -0.476 e. The third-order valence-electron chi connectivity index (χ3n) is 9.49. The second-order valence-corrected chi connectivity index (χ2v) is 15.0. The molecule has 1 aliphatic rings. The van der Waals surface area contributed by atoms with Gasteiger partial charge in [0.2, 0.25) is 5.91 Å². The van der Waals surface area contributed by atoms with Gasteiger partial charge in [-0.05, 0) is 51.1 Å². The Balaban J connectivity index is 0.00000189. The van der Waals surface area contributed by atoms with E-state index in [1.165, 1.54) is 10.4 Å². The van der Waals surface area contributed by atoms with E-state index < -0.39 is 42.3 Å². The maximum absolute atomic E-state index is 14.6. The number of ether oxygens (including phenoxy) is 1. The van der Waals surface area contributed by atoms with Crippen molar-refractivity contribution in [2.75, 3.05) is 26.7 Å². The summed E-state index contributed by atoms with van der Waals surface area (Å²) in [5.41, 5.74) is -0.130. The van der Waals surface area contributed by atoms with Gasteiger partial charge >= 0.3 is 24.2 Å². The number of hydrogen-bond acceptors (Lipinski definition) is 10. The number of likely N-dealkylation sites (N-methyl/N-ethyl adjacent to an activating group) is 1. The zero-order valence-electron chi connectivity index (χ0n) is 32.8. The van der Waals surface area contributed by atoms with E-state index in [1.807, 2.05) is 41.7 Å². The summed E-state index contributed by atoms with van der Waals surface area (Å²) in [7, 11) is 1.98. The number of piperidine rings is 1. The van der Waals surface area contributed by atoms with E-state index in [-0.39, 0.29) is 48.1 Å². The van der Waals surface area contributed by atoms with Crippen LogP contribution in [0.1, 0.15) is 140 Å². The lowest BCUT2D eigenvalue weighted by Crippen LogP contribution is -2.50. The van der Waals surface area contributed by atoms with Crippen LogP contribution >= 0.6 is 11.3 Å². The van der Waals surface area contributed by atoms with Crippen LogP contribution in [0.5, 0.6) is 0 Å². The van der Waals surface area contributed by atoms with Crippen molar-refractivity contribution in [3.63, 3.8) is 0 Å². The highest BCUT2D eigenvalue weighted by Gasteiger charge is 2.40. The van der Waals surface area contributed by atoms with Crippen LogP contribution in [-0.4, -0.2) is 99.9 Å². The average Bonchev–Trinajstić information content (AvgIpc) is 3.61. The van der Waals surface area contributed by atoms with Crippen LogP contribution in [0.2, 0.25) is 0 Å². The van der Waals surface area contributed by atoms with Gasteiger partial charge in [-0.25, -0.2) is 24.4 Å². The molecule has 3 N–H and O–H groups in total. The Morgan fingerprint density at radius 2 is 1.69 bits per heavy atom. The van der Waals surface area contributed by atoms with Gasteiger partial charge in [0.15, 0.2) is 17.6 Å². The molecule has 0 bridgehead atoms. The highest BCUT2D eigenvalue weighted by atomic mass is 32.1. The minimum absolute atomic E-state index is 0.0622. The van der Waals surface area contributed by atoms with Crippen LogP contribution in [0.4, 0.5) is 18.0 Å². The van der Waals surface area contributed by atoms with Crippen molar-refractivity contribution in [1.82, 2.24) is 20.3 Å². The van der Waals surface area contributed by atoms with Crippen LogP contribution in [0.3, 0.4) is 0 Å². The molecule has 1 aromatic heterocycles. The Morgan fingerprint density at radius 3 is 2.20 bits per heavy atom. The fourth-order valence-electron chi connectivity index (χ4n) is 5.96. The second-order valence-electron chi connectivity index (χ2n) is 14.1. The lowest BCUT2D eigenvalue weighted by molar-refractivity contribution is -0.215. The summed E-state index contributed by atoms with van der Waals surface area (Å²) in [6, 6.07) is -0.733. The molecule has 0 spiro atoms. The Bertz CT molecular complexity index is 1310. The molecule has 0 saturated carbocycles. The van der Waals surface area contributed by atoms with Crippen LogP contribution in [0.15, 0.2) is 5.38 Å². The molecule has 1 aromatic rings. The molecule has 17 heteroatoms. The first kappa shape index (κ1) is 48.7. The molecule has 1 aliphatic heterocycles. The zero-order chi connectivity index (χ0) is 41.0. The van der Waals surface area contributed by atoms with Gasteiger partial charge < -0.3 is 20.3 Å². The van der Waals surface area contributed by atoms with Gasteiger partial charge in [0, 0.05) is 30.7 Å². The van der Waals surface area contributed by atoms with Gasteiger partial charge in [0.25, 0.3) is 0 Å². The van der Waals surface area contributed by atoms with Gasteiger partial charge in [-0.2, -0.15) is 13.2 Å². The number of carboxylic acids is 2. The van der Waals surface area contributed by atoms with Crippen LogP contribution in [-0.2, 0) is 24.0 Å². The van der Waals surface area contributed by atoms with Crippen molar-refractivity contribution in [2.45, 2.75) is 143 Å². The van der Waals surface area contributed by atoms with Crippen molar-refractivity contribution in [3.05, 3.63) is 16.1 Å². The van der Waals surface area contributed by atoms with Crippen LogP contribution < -0.4 is 5.32 Å². The number of amides is 2. The zero-order valence-corrected chi connectivity index (χ0v) is 33.6. The predicted octanol–water partition coefficient (Wildman–Crippen LogP) is 7.90. The maximum atomic E-state index is 14.6. The Hall–Kier alpha value is -3.31. The number of alkyl halides is 3. The van der Waals surface area contributed by atoms with E-state index in [1.54, 1.807) is 0 Å². The molecule has 1 fully saturated rings. The molecule has 54 heavy (non-hydrogen) atoms. The molecular weight excluding hydrogens is 733 g/mol. The van der Waals surface area contributed by atoms with E-state index in [9.17, 15) is 37.5 Å². The van der Waals surface area contributed by atoms with E-state index in [0.29, 0.717) is 18.2 Å². The molecule has 0 aromatic carbocycles. The van der Waals surface area contributed by atoms with Crippen LogP contribution in [0, 0.1) is 17.8 Å². The van der Waals surface area contributed by atoms with E-state index in [0.717, 1.165) is 82.1 Å². The average molecular weight is 795 g/mol. The third kappa shape index (κ3) is 17.0.